The Labute approximate surface area is 179 Å². The van der Waals surface area contributed by atoms with Crippen LogP contribution >= 0.6 is 7.82 Å². The predicted molar refractivity (Wildman–Crippen MR) is 83.8 cm³/mol. The fourth-order valence-corrected chi connectivity index (χ4v) is 2.97. The Morgan fingerprint density at radius 1 is 0.818 bits per heavy atom. The van der Waals surface area contributed by atoms with Crippen LogP contribution in [-0.2, 0) is 9.09 Å². The molecule has 0 bridgehead atoms. The van der Waals surface area contributed by atoms with Gasteiger partial charge in [-0.2, -0.15) is 0 Å². The van der Waals surface area contributed by atoms with E-state index in [1.54, 1.807) is 0 Å². The van der Waals surface area contributed by atoms with E-state index in [2.05, 4.69) is 18.4 Å². The summed E-state index contributed by atoms with van der Waals surface area (Å²) in [5, 5.41) is 0. The zero-order valence-corrected chi connectivity index (χ0v) is 18.9. The molecule has 0 aromatic carbocycles. The van der Waals surface area contributed by atoms with Crippen molar-refractivity contribution in [1.29, 1.82) is 0 Å². The fourth-order valence-electron chi connectivity index (χ4n) is 2.58. The van der Waals surface area contributed by atoms with Gasteiger partial charge in [0.15, 0.2) is 0 Å². The maximum Gasteiger partial charge on any atom is 1.00 e. The Kier molecular flexibility index (Phi) is 20.7. The van der Waals surface area contributed by atoms with E-state index in [-0.39, 0.29) is 63.9 Å². The van der Waals surface area contributed by atoms with Crippen LogP contribution in [0.25, 0.3) is 0 Å². The number of phosphoric acid groups is 1. The second kappa shape index (κ2) is 17.6. The van der Waals surface area contributed by atoms with Crippen LogP contribution in [0.2, 0.25) is 0 Å². The summed E-state index contributed by atoms with van der Waals surface area (Å²) in [5.74, 6) is 0.212. The first-order valence-corrected chi connectivity index (χ1v) is 10.1. The summed E-state index contributed by atoms with van der Waals surface area (Å²) >= 11 is 0. The summed E-state index contributed by atoms with van der Waals surface area (Å²) in [4.78, 5) is 21.2. The van der Waals surface area contributed by atoms with E-state index >= 15 is 0 Å². The summed E-state index contributed by atoms with van der Waals surface area (Å²) < 4.78 is 15.1. The molecule has 22 heavy (non-hydrogen) atoms. The molecule has 0 spiro atoms. The molecule has 6 heteroatoms. The van der Waals surface area contributed by atoms with E-state index < -0.39 is 7.82 Å². The van der Waals surface area contributed by atoms with Gasteiger partial charge in [-0.05, 0) is 18.8 Å². The van der Waals surface area contributed by atoms with E-state index in [0.29, 0.717) is 0 Å². The van der Waals surface area contributed by atoms with Crippen molar-refractivity contribution in [2.24, 2.45) is 5.92 Å². The van der Waals surface area contributed by atoms with Crippen LogP contribution in [0.3, 0.4) is 0 Å². The fraction of sp³-hybridized carbons (Fsp3) is 1.00. The summed E-state index contributed by atoms with van der Waals surface area (Å²) in [6.45, 7) is 4.45. The van der Waals surface area contributed by atoms with Gasteiger partial charge in [0.1, 0.15) is 0 Å². The van der Waals surface area contributed by atoms with E-state index in [1.807, 2.05) is 0 Å². The van der Waals surface area contributed by atoms with Gasteiger partial charge in [0, 0.05) is 0 Å². The molecule has 4 nitrogen and oxygen atoms in total. The zero-order chi connectivity index (χ0) is 16.0. The van der Waals surface area contributed by atoms with Gasteiger partial charge in [0.25, 0.3) is 0 Å². The van der Waals surface area contributed by atoms with Crippen molar-refractivity contribution in [1.82, 2.24) is 0 Å². The smallest absolute Gasteiger partial charge is 0.790 e. The third kappa shape index (κ3) is 19.8. The van der Waals surface area contributed by atoms with E-state index in [4.69, 9.17) is 0 Å². The standard InChI is InChI=1S/C16H35O4P.K/c1-3-5-7-9-10-12-14-16(13-11-8-6-4-2)15-20-21(17,18)19;/h16H,3-15H2,1-2H3,(H2,17,18,19);/q;+1/p-2. The van der Waals surface area contributed by atoms with E-state index in [9.17, 15) is 14.4 Å². The molecule has 0 aliphatic heterocycles. The quantitative estimate of drug-likeness (QED) is 0.250. The molecular weight excluding hydrogens is 326 g/mol. The predicted octanol–water partition coefficient (Wildman–Crippen LogP) is 1.17. The molecule has 0 radical (unpaired) electrons. The van der Waals surface area contributed by atoms with Gasteiger partial charge < -0.3 is 18.9 Å². The number of unbranched alkanes of at least 4 members (excludes halogenated alkanes) is 8. The van der Waals surface area contributed by atoms with Crippen LogP contribution in [0.5, 0.6) is 0 Å². The minimum Gasteiger partial charge on any atom is -0.790 e. The SMILES string of the molecule is CCCCCCCCC(CCCCCC)COP(=O)([O-])[O-].[K+]. The summed E-state index contributed by atoms with van der Waals surface area (Å²) in [6.07, 6.45) is 14.0. The molecule has 0 saturated carbocycles. The molecule has 128 valence electrons. The van der Waals surface area contributed by atoms with Crippen LogP contribution in [-0.4, -0.2) is 6.61 Å². The summed E-state index contributed by atoms with van der Waals surface area (Å²) in [6, 6.07) is 0. The molecule has 1 atom stereocenters. The molecule has 1 unspecified atom stereocenters. The van der Waals surface area contributed by atoms with Crippen molar-refractivity contribution in [3.63, 3.8) is 0 Å². The van der Waals surface area contributed by atoms with Gasteiger partial charge in [-0.25, -0.2) is 0 Å². The Morgan fingerprint density at radius 2 is 1.23 bits per heavy atom. The van der Waals surface area contributed by atoms with Crippen LogP contribution in [0.1, 0.15) is 90.9 Å². The number of hydrogen-bond acceptors (Lipinski definition) is 4. The van der Waals surface area contributed by atoms with Crippen molar-refractivity contribution >= 4 is 7.82 Å². The van der Waals surface area contributed by atoms with Gasteiger partial charge in [-0.3, -0.25) is 0 Å². The van der Waals surface area contributed by atoms with Gasteiger partial charge >= 0.3 is 51.4 Å². The van der Waals surface area contributed by atoms with Gasteiger partial charge in [-0.15, -0.1) is 0 Å². The number of hydrogen-bond donors (Lipinski definition) is 0. The molecule has 0 N–H and O–H groups in total. The Balaban J connectivity index is 0. The summed E-state index contributed by atoms with van der Waals surface area (Å²) in [5.41, 5.74) is 0. The average molecular weight is 360 g/mol. The summed E-state index contributed by atoms with van der Waals surface area (Å²) in [7, 11) is -4.82. The van der Waals surface area contributed by atoms with Crippen LogP contribution < -0.4 is 61.2 Å². The molecule has 0 aliphatic rings. The topological polar surface area (TPSA) is 72.4 Å². The Hall–Kier alpha value is 1.75. The first-order chi connectivity index (χ1) is 9.99. The Morgan fingerprint density at radius 3 is 1.68 bits per heavy atom. The Bertz CT molecular complexity index is 271. The van der Waals surface area contributed by atoms with Gasteiger partial charge in [0.05, 0.1) is 14.4 Å². The molecule has 0 fully saturated rings. The van der Waals surface area contributed by atoms with Crippen LogP contribution in [0.4, 0.5) is 0 Å². The second-order valence-electron chi connectivity index (χ2n) is 6.01. The van der Waals surface area contributed by atoms with Crippen LogP contribution in [0.15, 0.2) is 0 Å². The maximum atomic E-state index is 10.6. The van der Waals surface area contributed by atoms with Crippen molar-refractivity contribution in [3.8, 4) is 0 Å². The molecule has 0 saturated heterocycles. The molecule has 0 amide bonds. The zero-order valence-electron chi connectivity index (χ0n) is 14.8. The number of rotatable bonds is 15. The minimum absolute atomic E-state index is 0. The van der Waals surface area contributed by atoms with E-state index in [1.165, 1.54) is 51.4 Å². The maximum absolute atomic E-state index is 10.6. The first-order valence-electron chi connectivity index (χ1n) is 8.66. The van der Waals surface area contributed by atoms with Crippen LogP contribution in [0, 0.1) is 5.92 Å². The molecule has 0 aliphatic carbocycles. The van der Waals surface area contributed by atoms with E-state index in [0.717, 1.165) is 25.7 Å². The normalized spacial score (nSPS) is 12.9. The van der Waals surface area contributed by atoms with Gasteiger partial charge in [-0.1, -0.05) is 78.1 Å². The average Bonchev–Trinajstić information content (AvgIpc) is 2.42. The monoisotopic (exact) mass is 359 g/mol. The van der Waals surface area contributed by atoms with Crippen molar-refractivity contribution in [3.05, 3.63) is 0 Å². The molecule has 0 heterocycles. The molecule has 0 aromatic heterocycles. The van der Waals surface area contributed by atoms with Gasteiger partial charge in [0.2, 0.25) is 0 Å². The van der Waals surface area contributed by atoms with Crippen molar-refractivity contribution in [2.45, 2.75) is 90.9 Å². The van der Waals surface area contributed by atoms with Crippen molar-refractivity contribution < 1.29 is 70.3 Å². The largest absolute Gasteiger partial charge is 1.00 e. The third-order valence-electron chi connectivity index (χ3n) is 3.90. The molecule has 0 aromatic rings. The third-order valence-corrected chi connectivity index (χ3v) is 4.37. The molecular formula is C16H33KO4P-. The van der Waals surface area contributed by atoms with Crippen molar-refractivity contribution in [2.75, 3.05) is 6.61 Å². The minimum atomic E-state index is -4.82. The second-order valence-corrected chi connectivity index (χ2v) is 7.17. The number of phosphoric ester groups is 1. The first kappa shape index (κ1) is 26.0. The molecule has 0 rings (SSSR count).